The number of carbonyl (C=O) groups excluding carboxylic acids is 2. The van der Waals surface area contributed by atoms with Gasteiger partial charge >= 0.3 is 0 Å². The van der Waals surface area contributed by atoms with Crippen LogP contribution in [-0.4, -0.2) is 24.6 Å². The minimum atomic E-state index is -0.433. The number of benzene rings is 1. The number of amides is 2. The van der Waals surface area contributed by atoms with Crippen molar-refractivity contribution in [1.29, 1.82) is 0 Å². The van der Waals surface area contributed by atoms with E-state index >= 15 is 0 Å². The van der Waals surface area contributed by atoms with Gasteiger partial charge in [-0.2, -0.15) is 5.10 Å². The van der Waals surface area contributed by atoms with Crippen LogP contribution < -0.4 is 10.7 Å². The zero-order valence-electron chi connectivity index (χ0n) is 10.9. The molecule has 0 saturated heterocycles. The Morgan fingerprint density at radius 3 is 2.67 bits per heavy atom. The van der Waals surface area contributed by atoms with Gasteiger partial charge in [0.2, 0.25) is 0 Å². The van der Waals surface area contributed by atoms with Gasteiger partial charge in [-0.25, -0.2) is 5.43 Å². The quantitative estimate of drug-likeness (QED) is 0.653. The Bertz CT molecular complexity index is 636. The minimum absolute atomic E-state index is 0.176. The molecule has 0 spiro atoms. The summed E-state index contributed by atoms with van der Waals surface area (Å²) in [5.74, 6) is -0.794. The van der Waals surface area contributed by atoms with Crippen LogP contribution in [0.1, 0.15) is 15.9 Å². The van der Waals surface area contributed by atoms with Crippen LogP contribution in [0.3, 0.4) is 0 Å². The molecule has 21 heavy (non-hydrogen) atoms. The Balaban J connectivity index is 1.76. The monoisotopic (exact) mass is 305 g/mol. The number of furan rings is 1. The number of nitrogens with zero attached hydrogens (tertiary/aromatic N) is 1. The second-order valence-corrected chi connectivity index (χ2v) is 4.48. The van der Waals surface area contributed by atoms with Crippen LogP contribution in [-0.2, 0) is 4.79 Å². The van der Waals surface area contributed by atoms with Gasteiger partial charge in [0, 0.05) is 16.1 Å². The molecule has 0 bridgehead atoms. The van der Waals surface area contributed by atoms with Crippen LogP contribution in [0.4, 0.5) is 0 Å². The van der Waals surface area contributed by atoms with Gasteiger partial charge in [-0.15, -0.1) is 0 Å². The number of halogens is 1. The number of hydrazone groups is 1. The first kappa shape index (κ1) is 14.8. The lowest BCUT2D eigenvalue weighted by molar-refractivity contribution is -0.120. The number of hydrogen-bond acceptors (Lipinski definition) is 4. The first-order chi connectivity index (χ1) is 10.1. The molecule has 2 amide bonds. The first-order valence-corrected chi connectivity index (χ1v) is 6.41. The molecule has 0 aliphatic carbocycles. The van der Waals surface area contributed by atoms with Crippen molar-refractivity contribution in [2.45, 2.75) is 0 Å². The third kappa shape index (κ3) is 4.77. The Morgan fingerprint density at radius 1 is 1.24 bits per heavy atom. The van der Waals surface area contributed by atoms with Crippen LogP contribution in [0.15, 0.2) is 52.4 Å². The molecule has 0 aliphatic rings. The van der Waals surface area contributed by atoms with Crippen LogP contribution in [0.5, 0.6) is 0 Å². The highest BCUT2D eigenvalue weighted by atomic mass is 35.5. The third-order valence-electron chi connectivity index (χ3n) is 2.46. The van der Waals surface area contributed by atoms with Crippen molar-refractivity contribution in [2.75, 3.05) is 6.54 Å². The molecule has 108 valence electrons. The van der Waals surface area contributed by atoms with E-state index in [2.05, 4.69) is 15.8 Å². The summed E-state index contributed by atoms with van der Waals surface area (Å²) in [6.45, 7) is -0.176. The smallest absolute Gasteiger partial charge is 0.259 e. The number of rotatable bonds is 5. The fourth-order valence-corrected chi connectivity index (χ4v) is 1.56. The molecule has 0 saturated carbocycles. The second-order valence-electron chi connectivity index (χ2n) is 4.04. The van der Waals surface area contributed by atoms with E-state index in [-0.39, 0.29) is 12.5 Å². The molecule has 0 atom stereocenters. The Kier molecular flexibility index (Phi) is 5.11. The molecule has 6 nitrogen and oxygen atoms in total. The maximum Gasteiger partial charge on any atom is 0.259 e. The van der Waals surface area contributed by atoms with Gasteiger partial charge in [-0.1, -0.05) is 11.6 Å². The van der Waals surface area contributed by atoms with Crippen molar-refractivity contribution in [3.8, 4) is 0 Å². The minimum Gasteiger partial charge on any atom is -0.472 e. The average molecular weight is 306 g/mol. The number of carbonyl (C=O) groups is 2. The highest BCUT2D eigenvalue weighted by Crippen LogP contribution is 2.09. The molecule has 7 heteroatoms. The largest absolute Gasteiger partial charge is 0.472 e. The molecule has 2 rings (SSSR count). The van der Waals surface area contributed by atoms with E-state index in [1.807, 2.05) is 0 Å². The predicted molar refractivity (Wildman–Crippen MR) is 78.2 cm³/mol. The van der Waals surface area contributed by atoms with Crippen molar-refractivity contribution in [3.63, 3.8) is 0 Å². The van der Waals surface area contributed by atoms with Crippen molar-refractivity contribution < 1.29 is 14.0 Å². The lowest BCUT2D eigenvalue weighted by Crippen LogP contribution is -2.34. The summed E-state index contributed by atoms with van der Waals surface area (Å²) in [5, 5.41) is 6.74. The maximum absolute atomic E-state index is 11.7. The highest BCUT2D eigenvalue weighted by molar-refractivity contribution is 6.30. The van der Waals surface area contributed by atoms with Gasteiger partial charge in [0.15, 0.2) is 0 Å². The van der Waals surface area contributed by atoms with E-state index in [0.717, 1.165) is 5.56 Å². The van der Waals surface area contributed by atoms with Gasteiger partial charge in [-0.3, -0.25) is 9.59 Å². The molecule has 0 aliphatic heterocycles. The zero-order valence-corrected chi connectivity index (χ0v) is 11.6. The summed E-state index contributed by atoms with van der Waals surface area (Å²) < 4.78 is 4.84. The predicted octanol–water partition coefficient (Wildman–Crippen LogP) is 1.81. The molecule has 0 fully saturated rings. The molecule has 1 aromatic heterocycles. The zero-order chi connectivity index (χ0) is 15.1. The summed E-state index contributed by atoms with van der Waals surface area (Å²) in [7, 11) is 0. The molecule has 1 aromatic carbocycles. The van der Waals surface area contributed by atoms with Crippen LogP contribution in [0.2, 0.25) is 5.02 Å². The Hall–Kier alpha value is -2.60. The summed E-state index contributed by atoms with van der Waals surface area (Å²) in [4.78, 5) is 23.2. The van der Waals surface area contributed by atoms with E-state index in [9.17, 15) is 9.59 Å². The number of hydrogen-bond donors (Lipinski definition) is 2. The topological polar surface area (TPSA) is 83.7 Å². The van der Waals surface area contributed by atoms with Gasteiger partial charge < -0.3 is 9.73 Å². The molecule has 0 radical (unpaired) electrons. The van der Waals surface area contributed by atoms with E-state index in [1.165, 1.54) is 18.7 Å². The highest BCUT2D eigenvalue weighted by Gasteiger charge is 2.07. The fourth-order valence-electron chi connectivity index (χ4n) is 1.43. The molecule has 1 heterocycles. The van der Waals surface area contributed by atoms with Crippen LogP contribution in [0, 0.1) is 0 Å². The SMILES string of the molecule is O=C(CNC(=O)c1ccc(Cl)cc1)N/N=C/c1ccoc1. The molecular formula is C14H12ClN3O3. The second kappa shape index (κ2) is 7.25. The van der Waals surface area contributed by atoms with Gasteiger partial charge in [-0.05, 0) is 30.3 Å². The Labute approximate surface area is 125 Å². The summed E-state index contributed by atoms with van der Waals surface area (Å²) in [6, 6.07) is 8.05. The van der Waals surface area contributed by atoms with Crippen molar-refractivity contribution >= 4 is 29.6 Å². The van der Waals surface area contributed by atoms with Crippen LogP contribution >= 0.6 is 11.6 Å². The molecule has 2 N–H and O–H groups in total. The van der Waals surface area contributed by atoms with Crippen molar-refractivity contribution in [1.82, 2.24) is 10.7 Å². The standard InChI is InChI=1S/C14H12ClN3O3/c15-12-3-1-11(2-4-12)14(20)16-8-13(19)18-17-7-10-5-6-21-9-10/h1-7,9H,8H2,(H,16,20)(H,18,19)/b17-7+. The van der Waals surface area contributed by atoms with Crippen molar-refractivity contribution in [2.24, 2.45) is 5.10 Å². The van der Waals surface area contributed by atoms with Gasteiger partial charge in [0.25, 0.3) is 11.8 Å². The lowest BCUT2D eigenvalue weighted by Gasteiger charge is -2.04. The maximum atomic E-state index is 11.7. The summed E-state index contributed by atoms with van der Waals surface area (Å²) in [6.07, 6.45) is 4.41. The first-order valence-electron chi connectivity index (χ1n) is 6.03. The summed E-state index contributed by atoms with van der Waals surface area (Å²) >= 11 is 5.72. The Morgan fingerprint density at radius 2 is 2.00 bits per heavy atom. The van der Waals surface area contributed by atoms with Gasteiger partial charge in [0.1, 0.15) is 0 Å². The van der Waals surface area contributed by atoms with Gasteiger partial charge in [0.05, 0.1) is 25.3 Å². The average Bonchev–Trinajstić information content (AvgIpc) is 2.99. The third-order valence-corrected chi connectivity index (χ3v) is 2.71. The van der Waals surface area contributed by atoms with E-state index < -0.39 is 5.91 Å². The molecule has 0 unspecified atom stereocenters. The van der Waals surface area contributed by atoms with Crippen molar-refractivity contribution in [3.05, 3.63) is 59.0 Å². The number of nitrogens with one attached hydrogen (secondary N) is 2. The molecule has 2 aromatic rings. The lowest BCUT2D eigenvalue weighted by atomic mass is 10.2. The fraction of sp³-hybridized carbons (Fsp3) is 0.0714. The van der Waals surface area contributed by atoms with E-state index in [1.54, 1.807) is 30.3 Å². The van der Waals surface area contributed by atoms with E-state index in [0.29, 0.717) is 10.6 Å². The van der Waals surface area contributed by atoms with E-state index in [4.69, 9.17) is 16.0 Å². The van der Waals surface area contributed by atoms with Crippen LogP contribution in [0.25, 0.3) is 0 Å². The summed E-state index contributed by atoms with van der Waals surface area (Å²) in [5.41, 5.74) is 3.44. The molecular weight excluding hydrogens is 294 g/mol. The normalized spacial score (nSPS) is 10.5.